The van der Waals surface area contributed by atoms with Crippen LogP contribution < -0.4 is 11.2 Å². The van der Waals surface area contributed by atoms with Gasteiger partial charge in [0, 0.05) is 13.1 Å². The topological polar surface area (TPSA) is 143 Å². The Balaban J connectivity index is 2.17. The Bertz CT molecular complexity index is 575. The van der Waals surface area contributed by atoms with Gasteiger partial charge < -0.3 is 19.7 Å². The Morgan fingerprint density at radius 3 is 2.81 bits per heavy atom. The maximum absolute atomic E-state index is 11.8. The van der Waals surface area contributed by atoms with E-state index in [1.807, 2.05) is 0 Å². The van der Waals surface area contributed by atoms with Crippen molar-refractivity contribution in [1.82, 2.24) is 9.55 Å². The molecule has 0 radical (unpaired) electrons. The van der Waals surface area contributed by atoms with Crippen LogP contribution in [0.1, 0.15) is 13.2 Å². The highest BCUT2D eigenvalue weighted by Crippen LogP contribution is 2.28. The van der Waals surface area contributed by atoms with Crippen LogP contribution in [-0.2, 0) is 14.3 Å². The first-order valence-corrected chi connectivity index (χ1v) is 6.08. The third-order valence-corrected chi connectivity index (χ3v) is 3.01. The minimum absolute atomic E-state index is 0.0688. The Kier molecular flexibility index (Phi) is 4.53. The Labute approximate surface area is 118 Å². The summed E-state index contributed by atoms with van der Waals surface area (Å²) >= 11 is 0. The number of aromatic nitrogens is 2. The van der Waals surface area contributed by atoms with E-state index in [0.29, 0.717) is 0 Å². The molecule has 0 aromatic carbocycles. The second kappa shape index (κ2) is 6.18. The number of esters is 1. The van der Waals surface area contributed by atoms with Crippen molar-refractivity contribution < 1.29 is 29.7 Å². The summed E-state index contributed by atoms with van der Waals surface area (Å²) in [6.07, 6.45) is -3.61. The molecule has 1 aliphatic rings. The third kappa shape index (κ3) is 3.19. The molecule has 1 aliphatic heterocycles. The zero-order chi connectivity index (χ0) is 15.6. The number of hydrogen-bond acceptors (Lipinski definition) is 9. The lowest BCUT2D eigenvalue weighted by Crippen LogP contribution is -2.36. The Hall–Kier alpha value is -2.01. The number of carbonyl (C=O) groups excluding carboxylic acids is 1. The van der Waals surface area contributed by atoms with Gasteiger partial charge in [-0.1, -0.05) is 0 Å². The molecule has 0 aliphatic carbocycles. The molecule has 1 aromatic heterocycles. The molecule has 10 nitrogen and oxygen atoms in total. The van der Waals surface area contributed by atoms with Crippen LogP contribution in [0.5, 0.6) is 0 Å². The maximum Gasteiger partial charge on any atom is 0.351 e. The largest absolute Gasteiger partial charge is 0.463 e. The molecule has 10 heteroatoms. The van der Waals surface area contributed by atoms with Crippen molar-refractivity contribution >= 4 is 11.8 Å². The van der Waals surface area contributed by atoms with E-state index in [2.05, 4.69) is 4.98 Å². The molecule has 2 rings (SSSR count). The highest BCUT2D eigenvalue weighted by atomic mass is 16.6. The lowest BCUT2D eigenvalue weighted by atomic mass is 10.1. The van der Waals surface area contributed by atoms with E-state index in [-0.39, 0.29) is 12.4 Å². The number of nitrogens with one attached hydrogen (secondary N) is 1. The number of aliphatic hydroxyl groups is 2. The van der Waals surface area contributed by atoms with E-state index < -0.39 is 36.2 Å². The van der Waals surface area contributed by atoms with E-state index in [4.69, 9.17) is 14.7 Å². The number of carbonyl (C=O) groups is 1. The smallest absolute Gasteiger partial charge is 0.351 e. The van der Waals surface area contributed by atoms with Crippen molar-refractivity contribution in [2.45, 2.75) is 31.5 Å². The van der Waals surface area contributed by atoms with Gasteiger partial charge in [-0.2, -0.15) is 4.98 Å². The van der Waals surface area contributed by atoms with Crippen molar-refractivity contribution in [2.75, 3.05) is 12.1 Å². The molecule has 2 heterocycles. The number of rotatable bonds is 4. The minimum Gasteiger partial charge on any atom is -0.463 e. The van der Waals surface area contributed by atoms with Gasteiger partial charge in [0.05, 0.1) is 0 Å². The van der Waals surface area contributed by atoms with Gasteiger partial charge in [0.1, 0.15) is 24.9 Å². The molecule has 0 unspecified atom stereocenters. The first kappa shape index (κ1) is 15.4. The maximum atomic E-state index is 11.8. The van der Waals surface area contributed by atoms with Crippen molar-refractivity contribution in [3.8, 4) is 0 Å². The number of ether oxygens (including phenoxy) is 2. The monoisotopic (exact) mass is 301 g/mol. The van der Waals surface area contributed by atoms with Crippen LogP contribution in [0.2, 0.25) is 0 Å². The minimum atomic E-state index is -1.39. The number of aliphatic hydroxyl groups excluding tert-OH is 2. The van der Waals surface area contributed by atoms with Crippen molar-refractivity contribution in [1.29, 1.82) is 0 Å². The van der Waals surface area contributed by atoms with Crippen LogP contribution in [0.15, 0.2) is 17.1 Å². The fourth-order valence-electron chi connectivity index (χ4n) is 1.96. The Morgan fingerprint density at radius 2 is 2.24 bits per heavy atom. The normalized spacial score (nSPS) is 28.4. The molecular formula is C11H15N3O7. The van der Waals surface area contributed by atoms with Gasteiger partial charge in [0.2, 0.25) is 0 Å². The first-order chi connectivity index (χ1) is 9.93. The van der Waals surface area contributed by atoms with E-state index in [9.17, 15) is 19.8 Å². The molecule has 0 spiro atoms. The van der Waals surface area contributed by atoms with Gasteiger partial charge in [-0.3, -0.25) is 20.0 Å². The first-order valence-electron chi connectivity index (χ1n) is 6.08. The molecule has 0 amide bonds. The van der Waals surface area contributed by atoms with Gasteiger partial charge in [0.25, 0.3) is 0 Å². The highest BCUT2D eigenvalue weighted by molar-refractivity contribution is 5.65. The summed E-state index contributed by atoms with van der Waals surface area (Å²) < 4.78 is 11.0. The van der Waals surface area contributed by atoms with E-state index in [1.165, 1.54) is 19.2 Å². The van der Waals surface area contributed by atoms with E-state index in [0.717, 1.165) is 4.57 Å². The standard InChI is InChI=1S/C11H15N3O7/c1-5(15)20-4-6-8(16)9(17)10(21-6)14-3-2-7(13-19)12-11(14)18/h2-3,6,8-10,16-17,19H,4H2,1H3,(H,12,13,18)/t6-,8-,9-,10-/m1/s1. The zero-order valence-corrected chi connectivity index (χ0v) is 11.0. The molecule has 21 heavy (non-hydrogen) atoms. The van der Waals surface area contributed by atoms with E-state index in [1.54, 1.807) is 5.48 Å². The van der Waals surface area contributed by atoms with Crippen LogP contribution in [0, 0.1) is 0 Å². The number of nitrogens with zero attached hydrogens (tertiary/aromatic N) is 2. The summed E-state index contributed by atoms with van der Waals surface area (Å²) in [6, 6.07) is 1.28. The fourth-order valence-corrected chi connectivity index (χ4v) is 1.96. The van der Waals surface area contributed by atoms with E-state index >= 15 is 0 Å². The molecule has 0 saturated carbocycles. The average molecular weight is 301 g/mol. The summed E-state index contributed by atoms with van der Waals surface area (Å²) in [7, 11) is 0. The predicted molar refractivity (Wildman–Crippen MR) is 66.5 cm³/mol. The summed E-state index contributed by atoms with van der Waals surface area (Å²) in [6.45, 7) is 0.951. The lowest BCUT2D eigenvalue weighted by molar-refractivity contribution is -0.147. The molecule has 1 saturated heterocycles. The fraction of sp³-hybridized carbons (Fsp3) is 0.545. The molecular weight excluding hydrogens is 286 g/mol. The lowest BCUT2D eigenvalue weighted by Gasteiger charge is -2.17. The third-order valence-electron chi connectivity index (χ3n) is 3.01. The predicted octanol–water partition coefficient (Wildman–Crippen LogP) is -1.77. The highest BCUT2D eigenvalue weighted by Gasteiger charge is 2.44. The molecule has 1 fully saturated rings. The Morgan fingerprint density at radius 1 is 1.52 bits per heavy atom. The number of hydrogen-bond donors (Lipinski definition) is 4. The summed E-state index contributed by atoms with van der Waals surface area (Å²) in [5, 5.41) is 28.4. The summed E-state index contributed by atoms with van der Waals surface area (Å²) in [4.78, 5) is 26.0. The summed E-state index contributed by atoms with van der Waals surface area (Å²) in [5.74, 6) is -0.623. The van der Waals surface area contributed by atoms with Gasteiger partial charge in [-0.25, -0.2) is 4.79 Å². The van der Waals surface area contributed by atoms with Gasteiger partial charge in [-0.15, -0.1) is 0 Å². The molecule has 4 atom stereocenters. The van der Waals surface area contributed by atoms with Crippen molar-refractivity contribution in [3.05, 3.63) is 22.7 Å². The van der Waals surface area contributed by atoms with Crippen LogP contribution in [0.4, 0.5) is 5.82 Å². The van der Waals surface area contributed by atoms with Crippen molar-refractivity contribution in [2.24, 2.45) is 0 Å². The SMILES string of the molecule is CC(=O)OC[C@H]1O[C@@H](n2ccc(NO)nc2=O)[C@H](O)[C@@H]1O. The van der Waals surface area contributed by atoms with Gasteiger partial charge in [-0.05, 0) is 6.07 Å². The average Bonchev–Trinajstić information content (AvgIpc) is 2.73. The second-order valence-corrected chi connectivity index (χ2v) is 4.46. The van der Waals surface area contributed by atoms with Crippen LogP contribution >= 0.6 is 0 Å². The summed E-state index contributed by atoms with van der Waals surface area (Å²) in [5.41, 5.74) is 0.919. The van der Waals surface area contributed by atoms with Crippen LogP contribution in [-0.4, -0.2) is 55.9 Å². The van der Waals surface area contributed by atoms with Gasteiger partial charge in [0.15, 0.2) is 12.0 Å². The second-order valence-electron chi connectivity index (χ2n) is 4.46. The molecule has 4 N–H and O–H groups in total. The number of anilines is 1. The van der Waals surface area contributed by atoms with Crippen LogP contribution in [0.3, 0.4) is 0 Å². The molecule has 0 bridgehead atoms. The molecule has 1 aromatic rings. The van der Waals surface area contributed by atoms with Crippen molar-refractivity contribution in [3.63, 3.8) is 0 Å². The quantitative estimate of drug-likeness (QED) is 0.375. The van der Waals surface area contributed by atoms with Gasteiger partial charge >= 0.3 is 11.7 Å². The molecule has 116 valence electrons. The van der Waals surface area contributed by atoms with Crippen LogP contribution in [0.25, 0.3) is 0 Å². The zero-order valence-electron chi connectivity index (χ0n) is 11.0.